The van der Waals surface area contributed by atoms with Crippen molar-refractivity contribution in [3.05, 3.63) is 35.5 Å². The highest BCUT2D eigenvalue weighted by Gasteiger charge is 2.28. The van der Waals surface area contributed by atoms with Gasteiger partial charge in [-0.05, 0) is 42.6 Å². The first-order valence-corrected chi connectivity index (χ1v) is 10.1. The van der Waals surface area contributed by atoms with Gasteiger partial charge in [0.15, 0.2) is 0 Å². The zero-order chi connectivity index (χ0) is 19.9. The maximum Gasteiger partial charge on any atom is 0.211 e. The van der Waals surface area contributed by atoms with Gasteiger partial charge in [0.25, 0.3) is 0 Å². The lowest BCUT2D eigenvalue weighted by Crippen LogP contribution is -2.45. The molecule has 0 amide bonds. The Morgan fingerprint density at radius 3 is 2.79 bits per heavy atom. The Hall–Kier alpha value is -1.37. The Bertz CT molecular complexity index is 914. The molecule has 2 aromatic rings. The Morgan fingerprint density at radius 1 is 1.38 bits per heavy atom. The number of H-pyrrole nitrogens is 1. The second kappa shape index (κ2) is 6.50. The predicted molar refractivity (Wildman–Crippen MR) is 98.7 cm³/mol. The van der Waals surface area contributed by atoms with Crippen molar-refractivity contribution in [2.75, 3.05) is 39.9 Å². The van der Waals surface area contributed by atoms with Gasteiger partial charge in [0.1, 0.15) is 0 Å². The summed E-state index contributed by atoms with van der Waals surface area (Å²) in [4.78, 5) is 3.30. The van der Waals surface area contributed by atoms with Gasteiger partial charge in [-0.2, -0.15) is 0 Å². The van der Waals surface area contributed by atoms with Crippen molar-refractivity contribution in [1.82, 2.24) is 9.71 Å². The molecule has 5 nitrogen and oxygen atoms in total. The highest BCUT2D eigenvalue weighted by Crippen LogP contribution is 2.34. The van der Waals surface area contributed by atoms with E-state index in [1.807, 2.05) is 25.4 Å². The summed E-state index contributed by atoms with van der Waals surface area (Å²) in [6.07, 6.45) is 4.15. The van der Waals surface area contributed by atoms with E-state index >= 15 is 0 Å². The maximum absolute atomic E-state index is 11.7. The third kappa shape index (κ3) is 3.82. The van der Waals surface area contributed by atoms with Crippen molar-refractivity contribution in [2.24, 2.45) is 0 Å². The van der Waals surface area contributed by atoms with E-state index in [1.165, 1.54) is 12.6 Å². The molecule has 2 N–H and O–H groups in total. The quantitative estimate of drug-likeness (QED) is 0.639. The summed E-state index contributed by atoms with van der Waals surface area (Å²) < 4.78 is 49.2. The topological polar surface area (TPSA) is 62.0 Å². The summed E-state index contributed by atoms with van der Waals surface area (Å²) in [5, 5.41) is 1.12. The Kier molecular flexibility index (Phi) is 3.76. The van der Waals surface area contributed by atoms with Crippen LogP contribution in [0, 0.1) is 0 Å². The standard InChI is InChI=1S/C18H28N3O2S/c1-19-24(22,23)11-8-14-4-5-18-16(12-14)17(13-20-18)15-6-9-21(2,3)10-7-15/h4-5,12-13,15,19-20H,6-11H2,1-3H3/q+1/i2+1D3. The number of benzene rings is 1. The zero-order valence-electron chi connectivity index (χ0n) is 17.3. The van der Waals surface area contributed by atoms with Gasteiger partial charge in [0.2, 0.25) is 10.0 Å². The summed E-state index contributed by atoms with van der Waals surface area (Å²) in [5.41, 5.74) is 3.23. The molecule has 0 saturated carbocycles. The van der Waals surface area contributed by atoms with E-state index in [9.17, 15) is 8.42 Å². The van der Waals surface area contributed by atoms with Gasteiger partial charge in [-0.1, -0.05) is 6.07 Å². The number of aromatic nitrogens is 1. The van der Waals surface area contributed by atoms with Crippen LogP contribution < -0.4 is 4.72 Å². The van der Waals surface area contributed by atoms with Gasteiger partial charge in [-0.15, -0.1) is 0 Å². The molecule has 1 aliphatic heterocycles. The molecule has 0 atom stereocenters. The number of sulfonamides is 1. The van der Waals surface area contributed by atoms with E-state index in [4.69, 9.17) is 4.11 Å². The Balaban J connectivity index is 1.79. The van der Waals surface area contributed by atoms with Crippen molar-refractivity contribution in [2.45, 2.75) is 25.2 Å². The number of rotatable bonds is 5. The van der Waals surface area contributed by atoms with Gasteiger partial charge in [-0.25, -0.2) is 13.1 Å². The average Bonchev–Trinajstić information content (AvgIpc) is 3.03. The largest absolute Gasteiger partial charge is 0.361 e. The molecule has 0 bridgehead atoms. The Morgan fingerprint density at radius 2 is 2.12 bits per heavy atom. The Labute approximate surface area is 148 Å². The van der Waals surface area contributed by atoms with Crippen molar-refractivity contribution in [1.29, 1.82) is 0 Å². The number of aryl methyl sites for hydroxylation is 1. The summed E-state index contributed by atoms with van der Waals surface area (Å²) in [6.45, 7) is -0.709. The number of piperidine rings is 1. The lowest BCUT2D eigenvalue weighted by molar-refractivity contribution is -0.895. The minimum Gasteiger partial charge on any atom is -0.361 e. The predicted octanol–water partition coefficient (Wildman–Crippen LogP) is 2.21. The monoisotopic (exact) mass is 354 g/mol. The number of hydrogen-bond acceptors (Lipinski definition) is 2. The fourth-order valence-corrected chi connectivity index (χ4v) is 4.19. The molecule has 24 heavy (non-hydrogen) atoms. The van der Waals surface area contributed by atoms with Crippen LogP contribution in [-0.4, -0.2) is 57.8 Å². The van der Waals surface area contributed by atoms with Gasteiger partial charge >= 0.3 is 0 Å². The van der Waals surface area contributed by atoms with Crippen LogP contribution in [0.25, 0.3) is 10.9 Å². The number of likely N-dealkylation sites (tertiary alicyclic amines) is 1. The average molecular weight is 355 g/mol. The molecule has 1 saturated heterocycles. The summed E-state index contributed by atoms with van der Waals surface area (Å²) >= 11 is 0. The highest BCUT2D eigenvalue weighted by molar-refractivity contribution is 7.89. The van der Waals surface area contributed by atoms with Crippen LogP contribution in [0.1, 0.15) is 34.0 Å². The van der Waals surface area contributed by atoms with Crippen LogP contribution in [0.4, 0.5) is 0 Å². The number of fused-ring (bicyclic) bond motifs is 1. The summed E-state index contributed by atoms with van der Waals surface area (Å²) in [6, 6.07) is 6.02. The number of hydrogen-bond donors (Lipinski definition) is 2. The van der Waals surface area contributed by atoms with Crippen LogP contribution in [0.3, 0.4) is 0 Å². The lowest BCUT2D eigenvalue weighted by Gasteiger charge is -2.37. The van der Waals surface area contributed by atoms with Crippen molar-refractivity contribution in [3.63, 3.8) is 0 Å². The molecule has 6 heteroatoms. The molecule has 1 aliphatic rings. The first-order chi connectivity index (χ1) is 12.5. The zero-order valence-corrected chi connectivity index (χ0v) is 15.1. The van der Waals surface area contributed by atoms with E-state index in [-0.39, 0.29) is 10.2 Å². The van der Waals surface area contributed by atoms with E-state index < -0.39 is 17.0 Å². The van der Waals surface area contributed by atoms with Crippen LogP contribution in [0.2, 0.25) is 0 Å². The number of aromatic amines is 1. The SMILES string of the molecule is [2H][13C]([2H])([2H])[N+]1(C)CCC(c2c[nH]c3ccc(CCS(=O)(=O)NC)cc23)CC1. The maximum atomic E-state index is 11.7. The first kappa shape index (κ1) is 13.9. The second-order valence-corrected chi connectivity index (χ2v) is 9.06. The van der Waals surface area contributed by atoms with Crippen molar-refractivity contribution >= 4 is 20.9 Å². The van der Waals surface area contributed by atoms with Gasteiger partial charge in [0.05, 0.1) is 37.0 Å². The fraction of sp³-hybridized carbons (Fsp3) is 0.556. The molecule has 2 heterocycles. The van der Waals surface area contributed by atoms with Gasteiger partial charge in [0, 0.05) is 29.9 Å². The summed E-state index contributed by atoms with van der Waals surface area (Å²) in [7, 11) is 0.0179. The molecule has 132 valence electrons. The molecular formula is C18H28N3O2S+. The highest BCUT2D eigenvalue weighted by atomic mass is 32.2. The normalized spacial score (nSPS) is 27.6. The van der Waals surface area contributed by atoms with Crippen molar-refractivity contribution in [3.8, 4) is 0 Å². The molecule has 1 fully saturated rings. The van der Waals surface area contributed by atoms with E-state index in [2.05, 4.69) is 15.8 Å². The molecule has 1 aromatic carbocycles. The number of nitrogens with zero attached hydrogens (tertiary/aromatic N) is 1. The molecule has 0 radical (unpaired) electrons. The lowest BCUT2D eigenvalue weighted by atomic mass is 9.88. The van der Waals surface area contributed by atoms with Gasteiger partial charge < -0.3 is 9.47 Å². The smallest absolute Gasteiger partial charge is 0.211 e. The fourth-order valence-electron chi connectivity index (χ4n) is 3.49. The van der Waals surface area contributed by atoms with E-state index in [0.717, 1.165) is 29.3 Å². The van der Waals surface area contributed by atoms with Crippen LogP contribution in [-0.2, 0) is 16.4 Å². The van der Waals surface area contributed by atoms with Crippen LogP contribution in [0.5, 0.6) is 0 Å². The number of quaternary nitrogens is 1. The molecule has 0 spiro atoms. The molecular weight excluding hydrogens is 323 g/mol. The molecule has 0 unspecified atom stereocenters. The minimum atomic E-state index is -3.23. The van der Waals surface area contributed by atoms with E-state index in [1.54, 1.807) is 0 Å². The minimum absolute atomic E-state index is 0.0621. The molecule has 1 aromatic heterocycles. The molecule has 3 rings (SSSR count). The third-order valence-electron chi connectivity index (χ3n) is 5.13. The van der Waals surface area contributed by atoms with E-state index in [0.29, 0.717) is 25.4 Å². The summed E-state index contributed by atoms with van der Waals surface area (Å²) in [5.74, 6) is 0.385. The van der Waals surface area contributed by atoms with Gasteiger partial charge in [-0.3, -0.25) is 0 Å². The van der Waals surface area contributed by atoms with Crippen LogP contribution in [0.15, 0.2) is 24.4 Å². The van der Waals surface area contributed by atoms with Crippen LogP contribution >= 0.6 is 0 Å². The third-order valence-corrected chi connectivity index (χ3v) is 6.49. The van der Waals surface area contributed by atoms with Crippen molar-refractivity contribution < 1.29 is 17.0 Å². The molecule has 0 aliphatic carbocycles. The second-order valence-electron chi connectivity index (χ2n) is 7.01. The number of nitrogens with one attached hydrogen (secondary N) is 2. The first-order valence-electron chi connectivity index (χ1n) is 9.90.